The van der Waals surface area contributed by atoms with Gasteiger partial charge in [-0.25, -0.2) is 0 Å². The molecule has 0 saturated heterocycles. The molecule has 2 aliphatic carbocycles. The highest BCUT2D eigenvalue weighted by molar-refractivity contribution is 9.10. The Hall–Kier alpha value is -3.69. The number of fused-ring (bicyclic) bond motifs is 13. The monoisotopic (exact) mass is 485 g/mol. The molecule has 0 saturated carbocycles. The first-order valence-electron chi connectivity index (χ1n) is 11.1. The van der Waals surface area contributed by atoms with E-state index in [2.05, 4.69) is 94.8 Å². The predicted molar refractivity (Wildman–Crippen MR) is 136 cm³/mol. The first-order chi connectivity index (χ1) is 16.3. The molecule has 3 heteroatoms. The largest absolute Gasteiger partial charge is 0.456 e. The lowest BCUT2D eigenvalue weighted by Gasteiger charge is -2.30. The Morgan fingerprint density at radius 2 is 1.42 bits per heavy atom. The average Bonchev–Trinajstić information content (AvgIpc) is 3.46. The van der Waals surface area contributed by atoms with Gasteiger partial charge in [-0.05, 0) is 69.8 Å². The van der Waals surface area contributed by atoms with Crippen molar-refractivity contribution in [1.82, 2.24) is 4.98 Å². The number of pyridine rings is 1. The van der Waals surface area contributed by atoms with Gasteiger partial charge in [0, 0.05) is 27.0 Å². The highest BCUT2D eigenvalue weighted by Crippen LogP contribution is 2.63. The van der Waals surface area contributed by atoms with Gasteiger partial charge in [0.2, 0.25) is 0 Å². The lowest BCUT2D eigenvalue weighted by atomic mass is 9.70. The van der Waals surface area contributed by atoms with Crippen molar-refractivity contribution in [1.29, 1.82) is 0 Å². The number of benzene rings is 4. The van der Waals surface area contributed by atoms with Crippen molar-refractivity contribution in [3.8, 4) is 22.4 Å². The lowest BCUT2D eigenvalue weighted by molar-refractivity contribution is 0.669. The zero-order valence-electron chi connectivity index (χ0n) is 17.5. The van der Waals surface area contributed by atoms with Crippen LogP contribution < -0.4 is 0 Å². The SMILES string of the molecule is Brc1ccc2c(c1)C1(c3ccccc3-c3cc4oc5ccccc5c4cc31)c1cccnc1-2. The maximum absolute atomic E-state index is 6.28. The zero-order valence-corrected chi connectivity index (χ0v) is 19.1. The second-order valence-corrected chi connectivity index (χ2v) is 9.79. The Bertz CT molecular complexity index is 1800. The Morgan fingerprint density at radius 1 is 0.606 bits per heavy atom. The molecule has 4 aromatic carbocycles. The van der Waals surface area contributed by atoms with E-state index in [0.717, 1.165) is 32.1 Å². The maximum atomic E-state index is 6.28. The summed E-state index contributed by atoms with van der Waals surface area (Å²) in [5, 5.41) is 2.31. The van der Waals surface area contributed by atoms with Gasteiger partial charge in [-0.15, -0.1) is 0 Å². The van der Waals surface area contributed by atoms with Gasteiger partial charge in [0.05, 0.1) is 11.1 Å². The van der Waals surface area contributed by atoms with Gasteiger partial charge < -0.3 is 4.42 Å². The Balaban J connectivity index is 1.61. The standard InChI is InChI=1S/C30H16BrNO/c31-17-11-12-20-25(14-17)30(24-9-5-13-32-29(20)24)23-8-3-1-6-18(23)21-16-28-22(15-26(21)30)19-7-2-4-10-27(19)33-28/h1-16H. The van der Waals surface area contributed by atoms with E-state index in [-0.39, 0.29) is 0 Å². The molecule has 2 heterocycles. The fourth-order valence-electron chi connectivity index (χ4n) is 6.18. The second kappa shape index (κ2) is 6.00. The van der Waals surface area contributed by atoms with E-state index in [1.54, 1.807) is 0 Å². The molecular formula is C30H16BrNO. The lowest BCUT2D eigenvalue weighted by Crippen LogP contribution is -2.25. The van der Waals surface area contributed by atoms with Gasteiger partial charge in [-0.2, -0.15) is 0 Å². The third kappa shape index (κ3) is 2.03. The minimum absolute atomic E-state index is 0.402. The molecular weight excluding hydrogens is 470 g/mol. The molecule has 8 rings (SSSR count). The van der Waals surface area contributed by atoms with E-state index in [4.69, 9.17) is 9.40 Å². The van der Waals surface area contributed by atoms with Crippen LogP contribution in [0.25, 0.3) is 44.3 Å². The summed E-state index contributed by atoms with van der Waals surface area (Å²) < 4.78 is 7.36. The van der Waals surface area contributed by atoms with Crippen LogP contribution >= 0.6 is 15.9 Å². The predicted octanol–water partition coefficient (Wildman–Crippen LogP) is 8.09. The number of hydrogen-bond acceptors (Lipinski definition) is 2. The summed E-state index contributed by atoms with van der Waals surface area (Å²) in [4.78, 5) is 4.86. The first kappa shape index (κ1) is 17.8. The smallest absolute Gasteiger partial charge is 0.136 e. The second-order valence-electron chi connectivity index (χ2n) is 8.88. The highest BCUT2D eigenvalue weighted by Gasteiger charge is 2.52. The van der Waals surface area contributed by atoms with Crippen LogP contribution in [0.3, 0.4) is 0 Å². The van der Waals surface area contributed by atoms with Crippen molar-refractivity contribution in [3.63, 3.8) is 0 Å². The minimum Gasteiger partial charge on any atom is -0.456 e. The third-order valence-corrected chi connectivity index (χ3v) is 7.89. The van der Waals surface area contributed by atoms with Crippen LogP contribution in [0.5, 0.6) is 0 Å². The number of halogens is 1. The maximum Gasteiger partial charge on any atom is 0.136 e. The van der Waals surface area contributed by atoms with E-state index in [9.17, 15) is 0 Å². The molecule has 33 heavy (non-hydrogen) atoms. The fraction of sp³-hybridized carbons (Fsp3) is 0.0333. The van der Waals surface area contributed by atoms with E-state index in [0.29, 0.717) is 0 Å². The van der Waals surface area contributed by atoms with Crippen molar-refractivity contribution < 1.29 is 4.42 Å². The highest BCUT2D eigenvalue weighted by atomic mass is 79.9. The summed E-state index contributed by atoms with van der Waals surface area (Å²) in [6.45, 7) is 0. The molecule has 2 aliphatic rings. The summed E-state index contributed by atoms with van der Waals surface area (Å²) in [5.74, 6) is 0. The van der Waals surface area contributed by atoms with Gasteiger partial charge in [0.25, 0.3) is 0 Å². The quantitative estimate of drug-likeness (QED) is 0.217. The van der Waals surface area contributed by atoms with E-state index in [1.807, 2.05) is 18.3 Å². The molecule has 0 bridgehead atoms. The van der Waals surface area contributed by atoms with Crippen LogP contribution in [0, 0.1) is 0 Å². The number of furan rings is 1. The Morgan fingerprint density at radius 3 is 2.39 bits per heavy atom. The summed E-state index contributed by atoms with van der Waals surface area (Å²) in [7, 11) is 0. The average molecular weight is 486 g/mol. The molecule has 6 aromatic rings. The van der Waals surface area contributed by atoms with Crippen LogP contribution in [0.15, 0.2) is 106 Å². The number of rotatable bonds is 0. The van der Waals surface area contributed by atoms with Crippen molar-refractivity contribution in [2.45, 2.75) is 5.41 Å². The van der Waals surface area contributed by atoms with Gasteiger partial charge in [0.1, 0.15) is 11.2 Å². The normalized spacial score (nSPS) is 17.4. The minimum atomic E-state index is -0.402. The van der Waals surface area contributed by atoms with Crippen LogP contribution in [0.2, 0.25) is 0 Å². The molecule has 1 spiro atoms. The van der Waals surface area contributed by atoms with Gasteiger partial charge in [-0.1, -0.05) is 70.5 Å². The third-order valence-electron chi connectivity index (χ3n) is 7.39. The molecule has 1 atom stereocenters. The van der Waals surface area contributed by atoms with Crippen molar-refractivity contribution in [2.24, 2.45) is 0 Å². The summed E-state index contributed by atoms with van der Waals surface area (Å²) >= 11 is 3.75. The topological polar surface area (TPSA) is 26.0 Å². The van der Waals surface area contributed by atoms with Crippen molar-refractivity contribution in [3.05, 3.63) is 124 Å². The molecule has 0 amide bonds. The molecule has 0 aliphatic heterocycles. The van der Waals surface area contributed by atoms with E-state index < -0.39 is 5.41 Å². The van der Waals surface area contributed by atoms with Crippen molar-refractivity contribution in [2.75, 3.05) is 0 Å². The summed E-state index contributed by atoms with van der Waals surface area (Å²) in [6, 6.07) is 32.6. The van der Waals surface area contributed by atoms with E-state index >= 15 is 0 Å². The first-order valence-corrected chi connectivity index (χ1v) is 11.9. The van der Waals surface area contributed by atoms with Gasteiger partial charge in [-0.3, -0.25) is 4.98 Å². The molecule has 0 radical (unpaired) electrons. The molecule has 1 unspecified atom stereocenters. The van der Waals surface area contributed by atoms with Crippen LogP contribution in [0.4, 0.5) is 0 Å². The number of para-hydroxylation sites is 1. The molecule has 2 aromatic heterocycles. The molecule has 0 N–H and O–H groups in total. The number of hydrogen-bond donors (Lipinski definition) is 0. The zero-order chi connectivity index (χ0) is 21.7. The van der Waals surface area contributed by atoms with E-state index in [1.165, 1.54) is 38.9 Å². The summed E-state index contributed by atoms with van der Waals surface area (Å²) in [6.07, 6.45) is 1.90. The number of nitrogens with zero attached hydrogens (tertiary/aromatic N) is 1. The fourth-order valence-corrected chi connectivity index (χ4v) is 6.54. The Kier molecular flexibility index (Phi) is 3.24. The van der Waals surface area contributed by atoms with Gasteiger partial charge >= 0.3 is 0 Å². The molecule has 0 fully saturated rings. The molecule has 154 valence electrons. The Labute approximate surface area is 198 Å². The van der Waals surface area contributed by atoms with Gasteiger partial charge in [0.15, 0.2) is 0 Å². The van der Waals surface area contributed by atoms with Crippen LogP contribution in [-0.4, -0.2) is 4.98 Å². The molecule has 2 nitrogen and oxygen atoms in total. The number of aromatic nitrogens is 1. The van der Waals surface area contributed by atoms with Crippen LogP contribution in [-0.2, 0) is 5.41 Å². The summed E-state index contributed by atoms with van der Waals surface area (Å²) in [5.41, 5.74) is 11.4. The van der Waals surface area contributed by atoms with Crippen LogP contribution in [0.1, 0.15) is 22.3 Å². The van der Waals surface area contributed by atoms with Crippen molar-refractivity contribution >= 4 is 37.9 Å².